The third-order valence-corrected chi connectivity index (χ3v) is 6.22. The van der Waals surface area contributed by atoms with Crippen LogP contribution in [-0.2, 0) is 11.2 Å². The van der Waals surface area contributed by atoms with Crippen LogP contribution in [-0.4, -0.2) is 48.8 Å². The van der Waals surface area contributed by atoms with Crippen LogP contribution in [0.5, 0.6) is 5.75 Å². The second-order valence-electron chi connectivity index (χ2n) is 8.77. The van der Waals surface area contributed by atoms with Crippen molar-refractivity contribution < 1.29 is 19.8 Å². The molecule has 3 aromatic heterocycles. The van der Waals surface area contributed by atoms with Gasteiger partial charge < -0.3 is 20.5 Å². The summed E-state index contributed by atoms with van der Waals surface area (Å²) in [6.07, 6.45) is 2.86. The number of nitrogens with zero attached hydrogens (tertiary/aromatic N) is 3. The standard InChI is InChI=1S/C29H23N5O5/c35-21(36)12-13-30-29(39)26-27(37)23-20(15-17-7-3-1-4-8-17)22(18-9-5-2-6-10-18)28(38)34-25(23)24(33-26)19-11-14-31-32-16-19/h1-11,14,16,37H,12-13,15H2,(H,30,39)(H,34,38)(H,35,36). The van der Waals surface area contributed by atoms with Crippen LogP contribution in [0.25, 0.3) is 33.3 Å². The van der Waals surface area contributed by atoms with Gasteiger partial charge in [-0.15, -0.1) is 0 Å². The number of fused-ring (bicyclic) bond motifs is 1. The number of carboxylic acids is 1. The number of aromatic hydroxyl groups is 1. The van der Waals surface area contributed by atoms with Crippen molar-refractivity contribution in [1.82, 2.24) is 25.5 Å². The van der Waals surface area contributed by atoms with E-state index < -0.39 is 17.6 Å². The molecule has 1 amide bonds. The summed E-state index contributed by atoms with van der Waals surface area (Å²) >= 11 is 0. The molecule has 0 unspecified atom stereocenters. The molecular formula is C29H23N5O5. The summed E-state index contributed by atoms with van der Waals surface area (Å²) in [5.74, 6) is -2.26. The van der Waals surface area contributed by atoms with Crippen LogP contribution in [0.2, 0.25) is 0 Å². The normalized spacial score (nSPS) is 10.9. The molecule has 0 aliphatic carbocycles. The Bertz CT molecular complexity index is 1720. The number of aromatic nitrogens is 4. The number of carbonyl (C=O) groups excluding carboxylic acids is 1. The van der Waals surface area contributed by atoms with E-state index in [1.807, 2.05) is 48.5 Å². The van der Waals surface area contributed by atoms with Crippen LogP contribution in [0.4, 0.5) is 0 Å². The zero-order valence-electron chi connectivity index (χ0n) is 20.6. The highest BCUT2D eigenvalue weighted by molar-refractivity contribution is 6.07. The molecule has 10 nitrogen and oxygen atoms in total. The number of aromatic amines is 1. The molecule has 0 saturated carbocycles. The first-order valence-corrected chi connectivity index (χ1v) is 12.1. The van der Waals surface area contributed by atoms with Gasteiger partial charge in [0.2, 0.25) is 0 Å². The number of carboxylic acid groups (broad SMARTS) is 1. The maximum Gasteiger partial charge on any atom is 0.305 e. The van der Waals surface area contributed by atoms with Crippen molar-refractivity contribution in [3.8, 4) is 28.1 Å². The molecule has 0 saturated heterocycles. The number of hydrogen-bond donors (Lipinski definition) is 4. The first kappa shape index (κ1) is 25.3. The third kappa shape index (κ3) is 5.21. The van der Waals surface area contributed by atoms with E-state index in [-0.39, 0.29) is 47.2 Å². The summed E-state index contributed by atoms with van der Waals surface area (Å²) in [7, 11) is 0. The quantitative estimate of drug-likeness (QED) is 0.241. The fraction of sp³-hybridized carbons (Fsp3) is 0.103. The molecule has 0 fully saturated rings. The molecule has 194 valence electrons. The minimum Gasteiger partial charge on any atom is -0.505 e. The Labute approximate surface area is 222 Å². The summed E-state index contributed by atoms with van der Waals surface area (Å²) in [4.78, 5) is 45.0. The number of aliphatic carboxylic acids is 1. The summed E-state index contributed by atoms with van der Waals surface area (Å²) in [6.45, 7) is -0.156. The molecule has 0 aliphatic heterocycles. The van der Waals surface area contributed by atoms with Crippen molar-refractivity contribution in [2.75, 3.05) is 6.54 Å². The predicted molar refractivity (Wildman–Crippen MR) is 144 cm³/mol. The van der Waals surface area contributed by atoms with E-state index >= 15 is 0 Å². The van der Waals surface area contributed by atoms with Gasteiger partial charge in [0.1, 0.15) is 0 Å². The molecule has 5 aromatic rings. The number of nitrogens with one attached hydrogen (secondary N) is 2. The van der Waals surface area contributed by atoms with Crippen molar-refractivity contribution in [3.63, 3.8) is 0 Å². The maximum atomic E-state index is 13.6. The Morgan fingerprint density at radius 2 is 1.64 bits per heavy atom. The zero-order valence-corrected chi connectivity index (χ0v) is 20.6. The molecule has 2 aromatic carbocycles. The monoisotopic (exact) mass is 521 g/mol. The SMILES string of the molecule is O=C(O)CCNC(=O)c1nc(-c2ccnnc2)c2[nH]c(=O)c(-c3ccccc3)c(Cc3ccccc3)c2c1O. The third-order valence-electron chi connectivity index (χ3n) is 6.22. The largest absolute Gasteiger partial charge is 0.505 e. The van der Waals surface area contributed by atoms with Gasteiger partial charge in [-0.2, -0.15) is 10.2 Å². The summed E-state index contributed by atoms with van der Waals surface area (Å²) < 4.78 is 0. The maximum absolute atomic E-state index is 13.6. The highest BCUT2D eigenvalue weighted by Crippen LogP contribution is 2.38. The van der Waals surface area contributed by atoms with Crippen LogP contribution in [0.15, 0.2) is 83.9 Å². The van der Waals surface area contributed by atoms with Crippen molar-refractivity contribution in [1.29, 1.82) is 0 Å². The van der Waals surface area contributed by atoms with Gasteiger partial charge in [-0.25, -0.2) is 4.98 Å². The fourth-order valence-electron chi connectivity index (χ4n) is 4.48. The van der Waals surface area contributed by atoms with E-state index in [0.29, 0.717) is 22.3 Å². The second kappa shape index (κ2) is 10.9. The van der Waals surface area contributed by atoms with Crippen molar-refractivity contribution in [3.05, 3.63) is 106 Å². The molecule has 0 atom stereocenters. The van der Waals surface area contributed by atoms with Gasteiger partial charge in [0, 0.05) is 17.5 Å². The highest BCUT2D eigenvalue weighted by Gasteiger charge is 2.26. The van der Waals surface area contributed by atoms with Gasteiger partial charge in [-0.1, -0.05) is 60.7 Å². The first-order valence-electron chi connectivity index (χ1n) is 12.1. The van der Waals surface area contributed by atoms with Crippen molar-refractivity contribution in [2.24, 2.45) is 0 Å². The molecule has 0 bridgehead atoms. The Morgan fingerprint density at radius 1 is 0.923 bits per heavy atom. The molecular weight excluding hydrogens is 498 g/mol. The lowest BCUT2D eigenvalue weighted by atomic mass is 9.91. The van der Waals surface area contributed by atoms with E-state index in [0.717, 1.165) is 5.56 Å². The number of rotatable bonds is 8. The van der Waals surface area contributed by atoms with E-state index in [1.165, 1.54) is 12.4 Å². The van der Waals surface area contributed by atoms with Crippen LogP contribution < -0.4 is 10.9 Å². The summed E-state index contributed by atoms with van der Waals surface area (Å²) in [5.41, 5.74) is 2.61. The number of benzene rings is 2. The van der Waals surface area contributed by atoms with E-state index in [2.05, 4.69) is 25.5 Å². The van der Waals surface area contributed by atoms with Crippen molar-refractivity contribution >= 4 is 22.8 Å². The lowest BCUT2D eigenvalue weighted by molar-refractivity contribution is -0.136. The fourth-order valence-corrected chi connectivity index (χ4v) is 4.48. The summed E-state index contributed by atoms with van der Waals surface area (Å²) in [6, 6.07) is 20.1. The number of H-pyrrole nitrogens is 1. The number of pyridine rings is 2. The average molecular weight is 522 g/mol. The predicted octanol–water partition coefficient (Wildman–Crippen LogP) is 3.55. The molecule has 5 rings (SSSR count). The minimum absolute atomic E-state index is 0.156. The molecule has 0 spiro atoms. The smallest absolute Gasteiger partial charge is 0.305 e. The van der Waals surface area contributed by atoms with Crippen LogP contribution >= 0.6 is 0 Å². The molecule has 4 N–H and O–H groups in total. The van der Waals surface area contributed by atoms with Gasteiger partial charge in [0.15, 0.2) is 11.4 Å². The van der Waals surface area contributed by atoms with E-state index in [9.17, 15) is 19.5 Å². The molecule has 0 radical (unpaired) electrons. The molecule has 39 heavy (non-hydrogen) atoms. The average Bonchev–Trinajstić information content (AvgIpc) is 2.94. The van der Waals surface area contributed by atoms with E-state index in [4.69, 9.17) is 5.11 Å². The van der Waals surface area contributed by atoms with Crippen LogP contribution in [0.3, 0.4) is 0 Å². The molecule has 3 heterocycles. The number of carbonyl (C=O) groups is 2. The lowest BCUT2D eigenvalue weighted by Gasteiger charge is -2.18. The summed E-state index contributed by atoms with van der Waals surface area (Å²) in [5, 5.41) is 30.9. The zero-order chi connectivity index (χ0) is 27.4. The van der Waals surface area contributed by atoms with Gasteiger partial charge in [0.05, 0.1) is 35.6 Å². The van der Waals surface area contributed by atoms with Gasteiger partial charge >= 0.3 is 5.97 Å². The van der Waals surface area contributed by atoms with Crippen LogP contribution in [0.1, 0.15) is 28.0 Å². The van der Waals surface area contributed by atoms with E-state index in [1.54, 1.807) is 18.2 Å². The Morgan fingerprint density at radius 3 is 2.31 bits per heavy atom. The highest BCUT2D eigenvalue weighted by atomic mass is 16.4. The first-order chi connectivity index (χ1) is 18.9. The Kier molecular flexibility index (Phi) is 7.09. The Balaban J connectivity index is 1.84. The Hall–Kier alpha value is -5.38. The van der Waals surface area contributed by atoms with Gasteiger partial charge in [0.25, 0.3) is 11.5 Å². The molecule has 10 heteroatoms. The number of amides is 1. The van der Waals surface area contributed by atoms with Crippen LogP contribution in [0, 0.1) is 0 Å². The molecule has 0 aliphatic rings. The van der Waals surface area contributed by atoms with Gasteiger partial charge in [-0.05, 0) is 29.2 Å². The second-order valence-corrected chi connectivity index (χ2v) is 8.77. The topological polar surface area (TPSA) is 158 Å². The minimum atomic E-state index is -1.08. The van der Waals surface area contributed by atoms with Gasteiger partial charge in [-0.3, -0.25) is 14.4 Å². The lowest BCUT2D eigenvalue weighted by Crippen LogP contribution is -2.27. The number of hydrogen-bond acceptors (Lipinski definition) is 7. The van der Waals surface area contributed by atoms with Crippen molar-refractivity contribution in [2.45, 2.75) is 12.8 Å².